The minimum absolute atomic E-state index is 0.377. The third-order valence-electron chi connectivity index (χ3n) is 5.07. The zero-order valence-corrected chi connectivity index (χ0v) is 18.1. The molecule has 154 valence electrons. The second-order valence-electron chi connectivity index (χ2n) is 9.00. The molecular weight excluding hydrogens is 336 g/mol. The molecule has 27 heavy (non-hydrogen) atoms. The van der Waals surface area contributed by atoms with E-state index in [-0.39, 0.29) is 0 Å². The zero-order chi connectivity index (χ0) is 19.7. The Labute approximate surface area is 165 Å². The van der Waals surface area contributed by atoms with Crippen LogP contribution < -0.4 is 10.6 Å². The molecule has 1 unspecified atom stereocenters. The summed E-state index contributed by atoms with van der Waals surface area (Å²) in [5.41, 5.74) is 0.377. The molecule has 0 saturated heterocycles. The smallest absolute Gasteiger partial charge is 0.191 e. The number of nitrogens with one attached hydrogen (secondary N) is 2. The molecule has 1 aromatic heterocycles. The van der Waals surface area contributed by atoms with Crippen molar-refractivity contribution in [3.63, 3.8) is 0 Å². The summed E-state index contributed by atoms with van der Waals surface area (Å²) in [5, 5.41) is 15.7. The average Bonchev–Trinajstić information content (AvgIpc) is 2.83. The van der Waals surface area contributed by atoms with Crippen molar-refractivity contribution < 1.29 is 0 Å². The van der Waals surface area contributed by atoms with Crippen molar-refractivity contribution in [3.8, 4) is 0 Å². The summed E-state index contributed by atoms with van der Waals surface area (Å²) in [6.07, 6.45) is 9.19. The highest BCUT2D eigenvalue weighted by atomic mass is 15.3. The fourth-order valence-electron chi connectivity index (χ4n) is 3.43. The van der Waals surface area contributed by atoms with Gasteiger partial charge < -0.3 is 15.2 Å². The molecule has 1 atom stereocenters. The normalized spacial score (nSPS) is 16.6. The number of hydrogen-bond donors (Lipinski definition) is 2. The molecule has 0 fully saturated rings. The summed E-state index contributed by atoms with van der Waals surface area (Å²) in [6, 6.07) is 0.425. The molecule has 6 nitrogen and oxygen atoms in total. The van der Waals surface area contributed by atoms with Gasteiger partial charge in [-0.1, -0.05) is 27.2 Å². The quantitative estimate of drug-likeness (QED) is 0.412. The summed E-state index contributed by atoms with van der Waals surface area (Å²) < 4.78 is 2.34. The van der Waals surface area contributed by atoms with Crippen molar-refractivity contribution >= 4 is 5.96 Å². The van der Waals surface area contributed by atoms with E-state index in [4.69, 9.17) is 4.99 Å². The van der Waals surface area contributed by atoms with E-state index < -0.39 is 0 Å². The second kappa shape index (κ2) is 10.7. The van der Waals surface area contributed by atoms with E-state index >= 15 is 0 Å². The largest absolute Gasteiger partial charge is 0.357 e. The number of hydrogen-bond acceptors (Lipinski definition) is 3. The Morgan fingerprint density at radius 2 is 2.04 bits per heavy atom. The monoisotopic (exact) mass is 376 g/mol. The van der Waals surface area contributed by atoms with Gasteiger partial charge in [-0.25, -0.2) is 0 Å². The van der Waals surface area contributed by atoms with Gasteiger partial charge in [-0.2, -0.15) is 0 Å². The number of rotatable bonds is 8. The molecule has 0 bridgehead atoms. The Hall–Kier alpha value is -1.59. The molecule has 0 saturated carbocycles. The summed E-state index contributed by atoms with van der Waals surface area (Å²) in [4.78, 5) is 4.76. The van der Waals surface area contributed by atoms with E-state index in [0.717, 1.165) is 57.1 Å². The highest BCUT2D eigenvalue weighted by Crippen LogP contribution is 2.21. The summed E-state index contributed by atoms with van der Waals surface area (Å²) >= 11 is 0. The minimum Gasteiger partial charge on any atom is -0.357 e. The molecule has 6 heteroatoms. The van der Waals surface area contributed by atoms with Gasteiger partial charge in [-0.15, -0.1) is 10.2 Å². The molecule has 0 aliphatic carbocycles. The van der Waals surface area contributed by atoms with Crippen molar-refractivity contribution in [1.29, 1.82) is 0 Å². The lowest BCUT2D eigenvalue weighted by Crippen LogP contribution is -2.42. The summed E-state index contributed by atoms with van der Waals surface area (Å²) in [5.74, 6) is 3.24. The molecule has 0 radical (unpaired) electrons. The maximum Gasteiger partial charge on any atom is 0.191 e. The van der Waals surface area contributed by atoms with Gasteiger partial charge in [0, 0.05) is 38.5 Å². The van der Waals surface area contributed by atoms with Gasteiger partial charge in [0.1, 0.15) is 11.6 Å². The molecule has 0 amide bonds. The van der Waals surface area contributed by atoms with Crippen molar-refractivity contribution in [3.05, 3.63) is 11.6 Å². The molecular formula is C21H40N6. The van der Waals surface area contributed by atoms with Crippen LogP contribution in [0, 0.1) is 5.41 Å². The first kappa shape index (κ1) is 21.7. The van der Waals surface area contributed by atoms with Crippen LogP contribution in [0.4, 0.5) is 0 Å². The van der Waals surface area contributed by atoms with Crippen LogP contribution >= 0.6 is 0 Å². The minimum atomic E-state index is 0.377. The van der Waals surface area contributed by atoms with Crippen molar-refractivity contribution in [2.24, 2.45) is 10.4 Å². The molecule has 2 N–H and O–H groups in total. The van der Waals surface area contributed by atoms with Gasteiger partial charge in [0.15, 0.2) is 5.96 Å². The van der Waals surface area contributed by atoms with E-state index in [1.165, 1.54) is 31.5 Å². The standard InChI is InChI=1S/C21H40N6/c1-6-22-20(24-17(2)13-14-21(3,4)5)23-15-10-12-19-26-25-18-11-8-7-9-16-27(18)19/h17H,6-16H2,1-5H3,(H2,22,23,24). The zero-order valence-electron chi connectivity index (χ0n) is 18.1. The van der Waals surface area contributed by atoms with Crippen LogP contribution in [-0.4, -0.2) is 39.9 Å². The van der Waals surface area contributed by atoms with Crippen LogP contribution in [-0.2, 0) is 19.4 Å². The molecule has 2 rings (SSSR count). The predicted octanol–water partition coefficient (Wildman–Crippen LogP) is 3.71. The highest BCUT2D eigenvalue weighted by molar-refractivity contribution is 5.80. The molecule has 2 heterocycles. The molecule has 1 aliphatic heterocycles. The van der Waals surface area contributed by atoms with E-state index in [1.807, 2.05) is 0 Å². The van der Waals surface area contributed by atoms with Crippen LogP contribution in [0.3, 0.4) is 0 Å². The molecule has 0 aromatic carbocycles. The number of aryl methyl sites for hydroxylation is 2. The number of guanidine groups is 1. The lowest BCUT2D eigenvalue weighted by atomic mass is 9.89. The third-order valence-corrected chi connectivity index (χ3v) is 5.07. The van der Waals surface area contributed by atoms with Crippen LogP contribution in [0.15, 0.2) is 4.99 Å². The van der Waals surface area contributed by atoms with Gasteiger partial charge in [-0.05, 0) is 51.4 Å². The predicted molar refractivity (Wildman–Crippen MR) is 113 cm³/mol. The van der Waals surface area contributed by atoms with E-state index in [1.54, 1.807) is 0 Å². The van der Waals surface area contributed by atoms with Crippen LogP contribution in [0.1, 0.15) is 84.8 Å². The van der Waals surface area contributed by atoms with Crippen LogP contribution in [0.25, 0.3) is 0 Å². The molecule has 1 aliphatic rings. The lowest BCUT2D eigenvalue weighted by Gasteiger charge is -2.23. The maximum absolute atomic E-state index is 4.76. The number of aromatic nitrogens is 3. The Bertz CT molecular complexity index is 584. The second-order valence-corrected chi connectivity index (χ2v) is 9.00. The van der Waals surface area contributed by atoms with E-state index in [0.29, 0.717) is 11.5 Å². The fourth-order valence-corrected chi connectivity index (χ4v) is 3.43. The molecule has 1 aromatic rings. The van der Waals surface area contributed by atoms with Crippen molar-refractivity contribution in [2.45, 2.75) is 98.6 Å². The lowest BCUT2D eigenvalue weighted by molar-refractivity contribution is 0.346. The van der Waals surface area contributed by atoms with E-state index in [2.05, 4.69) is 60.0 Å². The summed E-state index contributed by atoms with van der Waals surface area (Å²) in [6.45, 7) is 14.0. The van der Waals surface area contributed by atoms with Gasteiger partial charge in [-0.3, -0.25) is 4.99 Å². The maximum atomic E-state index is 4.76. The van der Waals surface area contributed by atoms with Crippen LogP contribution in [0.2, 0.25) is 0 Å². The number of fused-ring (bicyclic) bond motifs is 1. The highest BCUT2D eigenvalue weighted by Gasteiger charge is 2.15. The Morgan fingerprint density at radius 3 is 2.78 bits per heavy atom. The molecule has 0 spiro atoms. The third kappa shape index (κ3) is 7.89. The average molecular weight is 377 g/mol. The SMILES string of the molecule is CCNC(=NCCCc1nnc2n1CCCCC2)NC(C)CCC(C)(C)C. The van der Waals surface area contributed by atoms with Gasteiger partial charge in [0.25, 0.3) is 0 Å². The first-order valence-electron chi connectivity index (χ1n) is 10.8. The van der Waals surface area contributed by atoms with E-state index in [9.17, 15) is 0 Å². The number of nitrogens with zero attached hydrogens (tertiary/aromatic N) is 4. The Balaban J connectivity index is 1.80. The first-order valence-corrected chi connectivity index (χ1v) is 10.8. The topological polar surface area (TPSA) is 67.1 Å². The van der Waals surface area contributed by atoms with Crippen LogP contribution in [0.5, 0.6) is 0 Å². The van der Waals surface area contributed by atoms with Gasteiger partial charge in [0.05, 0.1) is 0 Å². The Morgan fingerprint density at radius 1 is 1.22 bits per heavy atom. The van der Waals surface area contributed by atoms with Crippen molar-refractivity contribution in [1.82, 2.24) is 25.4 Å². The fraction of sp³-hybridized carbons (Fsp3) is 0.857. The van der Waals surface area contributed by atoms with Gasteiger partial charge >= 0.3 is 0 Å². The summed E-state index contributed by atoms with van der Waals surface area (Å²) in [7, 11) is 0. The van der Waals surface area contributed by atoms with Crippen molar-refractivity contribution in [2.75, 3.05) is 13.1 Å². The first-order chi connectivity index (χ1) is 12.9. The Kier molecular flexibility index (Phi) is 8.58. The number of aliphatic imine (C=N–C) groups is 1. The van der Waals surface area contributed by atoms with Gasteiger partial charge in [0.2, 0.25) is 0 Å².